The molecule has 1 aromatic carbocycles. The fourth-order valence-electron chi connectivity index (χ4n) is 2.89. The normalized spacial score (nSPS) is 14.2. The van der Waals surface area contributed by atoms with E-state index < -0.39 is 0 Å². The standard InChI is InChI=1S/C23H34N4O2S/c1-17(2)29-22-9-7-20(8-10-22)27-23(24-12-4-14-28-15-19-5-6-19)25-13-11-21-16-30-18(3)26-21/h7-10,16-17,19H,4-6,11-15H2,1-3H3,(H2,24,25,27). The summed E-state index contributed by atoms with van der Waals surface area (Å²) in [5, 5.41) is 10.0. The van der Waals surface area contributed by atoms with Crippen molar-refractivity contribution in [3.05, 3.63) is 40.3 Å². The molecule has 1 fully saturated rings. The summed E-state index contributed by atoms with van der Waals surface area (Å²) in [4.78, 5) is 9.25. The van der Waals surface area contributed by atoms with E-state index in [1.807, 2.05) is 45.0 Å². The highest BCUT2D eigenvalue weighted by molar-refractivity contribution is 7.09. The molecule has 2 aromatic rings. The summed E-state index contributed by atoms with van der Waals surface area (Å²) < 4.78 is 11.4. The van der Waals surface area contributed by atoms with Crippen LogP contribution in [0.15, 0.2) is 34.6 Å². The number of rotatable bonds is 12. The third kappa shape index (κ3) is 8.71. The molecular formula is C23H34N4O2S. The number of ether oxygens (including phenoxy) is 2. The van der Waals surface area contributed by atoms with E-state index in [1.165, 1.54) is 12.8 Å². The predicted molar refractivity (Wildman–Crippen MR) is 125 cm³/mol. The highest BCUT2D eigenvalue weighted by Crippen LogP contribution is 2.28. The van der Waals surface area contributed by atoms with Gasteiger partial charge in [0.25, 0.3) is 0 Å². The lowest BCUT2D eigenvalue weighted by molar-refractivity contribution is 0.123. The summed E-state index contributed by atoms with van der Waals surface area (Å²) >= 11 is 1.69. The average Bonchev–Trinajstić information content (AvgIpc) is 3.45. The molecule has 0 saturated heterocycles. The molecule has 1 heterocycles. The van der Waals surface area contributed by atoms with Gasteiger partial charge in [-0.3, -0.25) is 4.99 Å². The first-order valence-electron chi connectivity index (χ1n) is 10.9. The second-order valence-corrected chi connectivity index (χ2v) is 9.02. The Morgan fingerprint density at radius 1 is 1.27 bits per heavy atom. The van der Waals surface area contributed by atoms with E-state index in [2.05, 4.69) is 21.0 Å². The Hall–Kier alpha value is -2.12. The van der Waals surface area contributed by atoms with Gasteiger partial charge in [-0.05, 0) is 70.2 Å². The van der Waals surface area contributed by atoms with Gasteiger partial charge in [0.05, 0.1) is 16.8 Å². The topological polar surface area (TPSA) is 67.8 Å². The molecule has 1 saturated carbocycles. The zero-order valence-electron chi connectivity index (χ0n) is 18.3. The summed E-state index contributed by atoms with van der Waals surface area (Å²) in [5.41, 5.74) is 2.10. The van der Waals surface area contributed by atoms with Crippen molar-refractivity contribution in [3.8, 4) is 5.75 Å². The molecule has 2 N–H and O–H groups in total. The summed E-state index contributed by atoms with van der Waals surface area (Å²) in [7, 11) is 0. The molecular weight excluding hydrogens is 396 g/mol. The molecule has 0 unspecified atom stereocenters. The molecule has 0 radical (unpaired) electrons. The van der Waals surface area contributed by atoms with Crippen LogP contribution in [0.25, 0.3) is 0 Å². The second kappa shape index (κ2) is 11.9. The van der Waals surface area contributed by atoms with Crippen LogP contribution in [0.1, 0.15) is 43.8 Å². The highest BCUT2D eigenvalue weighted by Gasteiger charge is 2.20. The van der Waals surface area contributed by atoms with Crippen LogP contribution in [0.3, 0.4) is 0 Å². The minimum absolute atomic E-state index is 0.166. The van der Waals surface area contributed by atoms with Gasteiger partial charge in [0, 0.05) is 43.8 Å². The maximum absolute atomic E-state index is 5.72. The van der Waals surface area contributed by atoms with Crippen LogP contribution in [-0.2, 0) is 11.2 Å². The quantitative estimate of drug-likeness (QED) is 0.291. The van der Waals surface area contributed by atoms with Crippen molar-refractivity contribution in [2.45, 2.75) is 52.6 Å². The molecule has 0 spiro atoms. The van der Waals surface area contributed by atoms with E-state index in [1.54, 1.807) is 11.3 Å². The molecule has 0 aliphatic heterocycles. The number of anilines is 1. The predicted octanol–water partition coefficient (Wildman–Crippen LogP) is 4.66. The molecule has 1 aliphatic carbocycles. The van der Waals surface area contributed by atoms with E-state index in [9.17, 15) is 0 Å². The molecule has 1 aliphatic rings. The van der Waals surface area contributed by atoms with Crippen molar-refractivity contribution in [2.24, 2.45) is 10.9 Å². The van der Waals surface area contributed by atoms with Crippen LogP contribution in [0, 0.1) is 12.8 Å². The van der Waals surface area contributed by atoms with Crippen molar-refractivity contribution in [2.75, 3.05) is 31.6 Å². The fraction of sp³-hybridized carbons (Fsp3) is 0.565. The van der Waals surface area contributed by atoms with Gasteiger partial charge < -0.3 is 20.1 Å². The molecule has 0 atom stereocenters. The number of hydrogen-bond donors (Lipinski definition) is 2. The van der Waals surface area contributed by atoms with Crippen LogP contribution in [0.5, 0.6) is 5.75 Å². The van der Waals surface area contributed by atoms with Crippen molar-refractivity contribution < 1.29 is 9.47 Å². The number of guanidine groups is 1. The van der Waals surface area contributed by atoms with Crippen molar-refractivity contribution in [1.82, 2.24) is 10.3 Å². The van der Waals surface area contributed by atoms with Crippen molar-refractivity contribution in [1.29, 1.82) is 0 Å². The summed E-state index contributed by atoms with van der Waals surface area (Å²) in [6.45, 7) is 9.27. The minimum Gasteiger partial charge on any atom is -0.491 e. The minimum atomic E-state index is 0.166. The molecule has 0 bridgehead atoms. The first-order chi connectivity index (χ1) is 14.6. The molecule has 6 nitrogen and oxygen atoms in total. The van der Waals surface area contributed by atoms with Crippen LogP contribution in [0.4, 0.5) is 5.69 Å². The van der Waals surface area contributed by atoms with E-state index >= 15 is 0 Å². The zero-order chi connectivity index (χ0) is 21.2. The van der Waals surface area contributed by atoms with Gasteiger partial charge >= 0.3 is 0 Å². The number of benzene rings is 1. The monoisotopic (exact) mass is 430 g/mol. The third-order valence-corrected chi connectivity index (χ3v) is 5.42. The molecule has 7 heteroatoms. The Morgan fingerprint density at radius 2 is 2.07 bits per heavy atom. The van der Waals surface area contributed by atoms with Gasteiger partial charge in [-0.15, -0.1) is 11.3 Å². The number of hydrogen-bond acceptors (Lipinski definition) is 5. The molecule has 0 amide bonds. The summed E-state index contributed by atoms with van der Waals surface area (Å²) in [6, 6.07) is 7.97. The lowest BCUT2D eigenvalue weighted by Gasteiger charge is -2.14. The number of aliphatic imine (C=N–C) groups is 1. The van der Waals surface area contributed by atoms with Gasteiger partial charge in [0.1, 0.15) is 5.75 Å². The van der Waals surface area contributed by atoms with Crippen LogP contribution >= 0.6 is 11.3 Å². The van der Waals surface area contributed by atoms with Crippen LogP contribution < -0.4 is 15.4 Å². The Kier molecular flexibility index (Phi) is 8.96. The first kappa shape index (κ1) is 22.6. The lowest BCUT2D eigenvalue weighted by Crippen LogP contribution is -2.32. The number of aromatic nitrogens is 1. The summed E-state index contributed by atoms with van der Waals surface area (Å²) in [6.07, 6.45) is 4.62. The van der Waals surface area contributed by atoms with Gasteiger partial charge in [0.2, 0.25) is 0 Å². The van der Waals surface area contributed by atoms with E-state index in [-0.39, 0.29) is 6.10 Å². The smallest absolute Gasteiger partial charge is 0.195 e. The van der Waals surface area contributed by atoms with Crippen LogP contribution in [0.2, 0.25) is 0 Å². The van der Waals surface area contributed by atoms with Gasteiger partial charge in [0.15, 0.2) is 5.96 Å². The maximum atomic E-state index is 5.72. The Balaban J connectivity index is 1.49. The highest BCUT2D eigenvalue weighted by atomic mass is 32.1. The number of nitrogens with one attached hydrogen (secondary N) is 2. The van der Waals surface area contributed by atoms with E-state index in [0.717, 1.165) is 73.2 Å². The zero-order valence-corrected chi connectivity index (χ0v) is 19.1. The molecule has 1 aromatic heterocycles. The second-order valence-electron chi connectivity index (χ2n) is 7.95. The van der Waals surface area contributed by atoms with E-state index in [4.69, 9.17) is 14.5 Å². The average molecular weight is 431 g/mol. The molecule has 30 heavy (non-hydrogen) atoms. The Morgan fingerprint density at radius 3 is 2.73 bits per heavy atom. The number of aryl methyl sites for hydroxylation is 1. The maximum Gasteiger partial charge on any atom is 0.195 e. The lowest BCUT2D eigenvalue weighted by atomic mass is 10.3. The van der Waals surface area contributed by atoms with E-state index in [0.29, 0.717) is 0 Å². The molecule has 164 valence electrons. The Bertz CT molecular complexity index is 785. The van der Waals surface area contributed by atoms with Gasteiger partial charge in [-0.25, -0.2) is 4.98 Å². The third-order valence-electron chi connectivity index (χ3n) is 4.60. The molecule has 3 rings (SSSR count). The largest absolute Gasteiger partial charge is 0.491 e. The van der Waals surface area contributed by atoms with Crippen molar-refractivity contribution >= 4 is 23.0 Å². The summed E-state index contributed by atoms with van der Waals surface area (Å²) in [5.74, 6) is 2.46. The van der Waals surface area contributed by atoms with Gasteiger partial charge in [-0.1, -0.05) is 0 Å². The van der Waals surface area contributed by atoms with Crippen molar-refractivity contribution in [3.63, 3.8) is 0 Å². The number of thiazole rings is 1. The SMILES string of the molecule is Cc1nc(CCNC(=NCCCOCC2CC2)Nc2ccc(OC(C)C)cc2)cs1. The Labute approximate surface area is 184 Å². The van der Waals surface area contributed by atoms with Gasteiger partial charge in [-0.2, -0.15) is 0 Å². The number of nitrogens with zero attached hydrogens (tertiary/aromatic N) is 2. The fourth-order valence-corrected chi connectivity index (χ4v) is 3.54. The van der Waals surface area contributed by atoms with Crippen LogP contribution in [-0.4, -0.2) is 43.4 Å². The first-order valence-corrected chi connectivity index (χ1v) is 11.8.